The van der Waals surface area contributed by atoms with Gasteiger partial charge >= 0.3 is 5.97 Å². The first-order chi connectivity index (χ1) is 9.08. The van der Waals surface area contributed by atoms with Crippen molar-refractivity contribution in [3.05, 3.63) is 56.7 Å². The van der Waals surface area contributed by atoms with Crippen LogP contribution in [0, 0.1) is 0 Å². The van der Waals surface area contributed by atoms with E-state index in [1.807, 2.05) is 18.2 Å². The zero-order chi connectivity index (χ0) is 13.8. The highest BCUT2D eigenvalue weighted by molar-refractivity contribution is 9.11. The highest BCUT2D eigenvalue weighted by Gasteiger charge is 2.07. The molecule has 0 aliphatic heterocycles. The van der Waals surface area contributed by atoms with E-state index in [0.717, 1.165) is 8.95 Å². The Morgan fingerprint density at radius 3 is 2.42 bits per heavy atom. The van der Waals surface area contributed by atoms with Crippen LogP contribution >= 0.6 is 31.9 Å². The van der Waals surface area contributed by atoms with E-state index in [1.54, 1.807) is 6.07 Å². The van der Waals surface area contributed by atoms with E-state index in [1.165, 1.54) is 12.3 Å². The number of halogens is 2. The number of para-hydroxylation sites is 1. The number of rotatable bonds is 4. The number of pyridine rings is 1. The lowest BCUT2D eigenvalue weighted by Crippen LogP contribution is -2.02. The first-order valence-corrected chi connectivity index (χ1v) is 6.91. The Morgan fingerprint density at radius 1 is 1.21 bits per heavy atom. The van der Waals surface area contributed by atoms with E-state index in [2.05, 4.69) is 36.8 Å². The van der Waals surface area contributed by atoms with Crippen LogP contribution in [0.4, 0.5) is 0 Å². The van der Waals surface area contributed by atoms with Gasteiger partial charge < -0.3 is 9.84 Å². The number of benzene rings is 1. The van der Waals surface area contributed by atoms with Crippen molar-refractivity contribution in [2.45, 2.75) is 6.61 Å². The Bertz CT molecular complexity index is 579. The second-order valence-corrected chi connectivity index (χ2v) is 5.39. The molecule has 1 heterocycles. The molecule has 19 heavy (non-hydrogen) atoms. The summed E-state index contributed by atoms with van der Waals surface area (Å²) in [5, 5.41) is 8.77. The van der Waals surface area contributed by atoms with Crippen molar-refractivity contribution in [2.75, 3.05) is 0 Å². The molecule has 0 saturated carbocycles. The molecular weight excluding hydrogens is 378 g/mol. The van der Waals surface area contributed by atoms with Gasteiger partial charge in [-0.25, -0.2) is 4.79 Å². The molecule has 0 atom stereocenters. The summed E-state index contributed by atoms with van der Waals surface area (Å²) in [6, 6.07) is 8.78. The summed E-state index contributed by atoms with van der Waals surface area (Å²) in [5.74, 6) is -0.305. The average Bonchev–Trinajstić information content (AvgIpc) is 2.38. The van der Waals surface area contributed by atoms with Gasteiger partial charge in [-0.15, -0.1) is 0 Å². The number of aromatic nitrogens is 1. The lowest BCUT2D eigenvalue weighted by atomic mass is 10.2. The molecule has 0 unspecified atom stereocenters. The van der Waals surface area contributed by atoms with E-state index < -0.39 is 5.97 Å². The van der Waals surface area contributed by atoms with Crippen LogP contribution in [0.5, 0.6) is 5.75 Å². The number of nitrogens with zero attached hydrogens (tertiary/aromatic N) is 1. The maximum atomic E-state index is 10.7. The number of carbonyl (C=O) groups is 1. The molecular formula is C13H9Br2NO3. The number of hydrogen-bond donors (Lipinski definition) is 1. The number of ether oxygens (including phenoxy) is 1. The molecule has 6 heteroatoms. The number of hydrogen-bond acceptors (Lipinski definition) is 3. The topological polar surface area (TPSA) is 59.4 Å². The average molecular weight is 387 g/mol. The molecule has 0 fully saturated rings. The summed E-state index contributed by atoms with van der Waals surface area (Å²) in [5.41, 5.74) is 0.818. The van der Waals surface area contributed by atoms with Gasteiger partial charge in [-0.3, -0.25) is 4.98 Å². The van der Waals surface area contributed by atoms with Crippen molar-refractivity contribution in [1.29, 1.82) is 0 Å². The van der Waals surface area contributed by atoms with Gasteiger partial charge in [0.1, 0.15) is 12.4 Å². The molecule has 0 aliphatic rings. The maximum absolute atomic E-state index is 10.7. The first-order valence-electron chi connectivity index (χ1n) is 5.33. The Kier molecular flexibility index (Phi) is 4.55. The monoisotopic (exact) mass is 385 g/mol. The predicted octanol–water partition coefficient (Wildman–Crippen LogP) is 3.88. The lowest BCUT2D eigenvalue weighted by molar-refractivity contribution is 0.0696. The Balaban J connectivity index is 2.08. The molecule has 1 N–H and O–H groups in total. The Hall–Kier alpha value is -1.40. The van der Waals surface area contributed by atoms with Crippen LogP contribution < -0.4 is 4.74 Å². The number of aromatic carboxylic acids is 1. The second kappa shape index (κ2) is 6.16. The molecule has 0 amide bonds. The highest BCUT2D eigenvalue weighted by Crippen LogP contribution is 2.33. The van der Waals surface area contributed by atoms with E-state index >= 15 is 0 Å². The third-order valence-electron chi connectivity index (χ3n) is 2.36. The van der Waals surface area contributed by atoms with Gasteiger partial charge in [-0.1, -0.05) is 6.07 Å². The summed E-state index contributed by atoms with van der Waals surface area (Å²) in [6.45, 7) is 0.265. The predicted molar refractivity (Wildman–Crippen MR) is 77.4 cm³/mol. The van der Waals surface area contributed by atoms with Gasteiger partial charge in [-0.2, -0.15) is 0 Å². The van der Waals surface area contributed by atoms with Crippen LogP contribution in [-0.2, 0) is 6.61 Å². The largest absolute Gasteiger partial charge is 0.485 e. The fourth-order valence-electron chi connectivity index (χ4n) is 1.40. The molecule has 2 aromatic rings. The minimum atomic E-state index is -0.992. The third kappa shape index (κ3) is 3.54. The van der Waals surface area contributed by atoms with Crippen LogP contribution in [0.2, 0.25) is 0 Å². The van der Waals surface area contributed by atoms with Gasteiger partial charge in [0.15, 0.2) is 0 Å². The molecule has 0 spiro atoms. The Labute approximate surface area is 126 Å². The Morgan fingerprint density at radius 2 is 1.89 bits per heavy atom. The van der Waals surface area contributed by atoms with Crippen molar-refractivity contribution in [3.63, 3.8) is 0 Å². The zero-order valence-corrected chi connectivity index (χ0v) is 12.8. The molecule has 1 aromatic carbocycles. The normalized spacial score (nSPS) is 10.2. The van der Waals surface area contributed by atoms with Crippen LogP contribution in [0.25, 0.3) is 0 Å². The highest BCUT2D eigenvalue weighted by atomic mass is 79.9. The summed E-state index contributed by atoms with van der Waals surface area (Å²) >= 11 is 6.80. The smallest absolute Gasteiger partial charge is 0.337 e. The summed E-state index contributed by atoms with van der Waals surface area (Å²) in [6.07, 6.45) is 1.32. The van der Waals surface area contributed by atoms with Gasteiger partial charge in [-0.05, 0) is 56.1 Å². The van der Waals surface area contributed by atoms with E-state index in [0.29, 0.717) is 11.4 Å². The van der Waals surface area contributed by atoms with Gasteiger partial charge in [0.2, 0.25) is 0 Å². The molecule has 0 radical (unpaired) electrons. The van der Waals surface area contributed by atoms with E-state index in [4.69, 9.17) is 9.84 Å². The fourth-order valence-corrected chi connectivity index (χ4v) is 2.63. The summed E-state index contributed by atoms with van der Waals surface area (Å²) in [4.78, 5) is 14.7. The van der Waals surface area contributed by atoms with Crippen molar-refractivity contribution in [3.8, 4) is 5.75 Å². The van der Waals surface area contributed by atoms with Crippen LogP contribution in [0.3, 0.4) is 0 Å². The van der Waals surface area contributed by atoms with Crippen molar-refractivity contribution >= 4 is 37.8 Å². The van der Waals surface area contributed by atoms with Crippen LogP contribution in [0.15, 0.2) is 45.5 Å². The zero-order valence-electron chi connectivity index (χ0n) is 9.64. The van der Waals surface area contributed by atoms with Gasteiger partial charge in [0, 0.05) is 6.20 Å². The second-order valence-electron chi connectivity index (χ2n) is 3.68. The molecule has 0 bridgehead atoms. The molecule has 1 aromatic heterocycles. The summed E-state index contributed by atoms with van der Waals surface area (Å²) in [7, 11) is 0. The van der Waals surface area contributed by atoms with E-state index in [9.17, 15) is 4.79 Å². The first kappa shape index (κ1) is 14.0. The molecule has 98 valence electrons. The van der Waals surface area contributed by atoms with E-state index in [-0.39, 0.29) is 12.2 Å². The number of carboxylic acid groups (broad SMARTS) is 1. The molecule has 2 rings (SSSR count). The third-order valence-corrected chi connectivity index (χ3v) is 3.60. The molecule has 4 nitrogen and oxygen atoms in total. The standard InChI is InChI=1S/C13H9Br2NO3/c14-10-2-1-3-11(15)12(10)19-7-9-5-4-8(6-16-9)13(17)18/h1-6H,7H2,(H,17,18). The van der Waals surface area contributed by atoms with Gasteiger partial charge in [0.25, 0.3) is 0 Å². The number of carboxylic acids is 1. The van der Waals surface area contributed by atoms with Gasteiger partial charge in [0.05, 0.1) is 20.2 Å². The van der Waals surface area contributed by atoms with Crippen LogP contribution in [0.1, 0.15) is 16.1 Å². The maximum Gasteiger partial charge on any atom is 0.337 e. The fraction of sp³-hybridized carbons (Fsp3) is 0.0769. The lowest BCUT2D eigenvalue weighted by Gasteiger charge is -2.09. The quantitative estimate of drug-likeness (QED) is 0.865. The van der Waals surface area contributed by atoms with Crippen molar-refractivity contribution in [1.82, 2.24) is 4.98 Å². The van der Waals surface area contributed by atoms with Crippen molar-refractivity contribution < 1.29 is 14.6 Å². The molecule has 0 aliphatic carbocycles. The minimum Gasteiger partial charge on any atom is -0.485 e. The van der Waals surface area contributed by atoms with Crippen molar-refractivity contribution in [2.24, 2.45) is 0 Å². The molecule has 0 saturated heterocycles. The summed E-state index contributed by atoms with van der Waals surface area (Å²) < 4.78 is 7.32. The van der Waals surface area contributed by atoms with Crippen LogP contribution in [-0.4, -0.2) is 16.1 Å². The minimum absolute atomic E-state index is 0.158. The SMILES string of the molecule is O=C(O)c1ccc(COc2c(Br)cccc2Br)nc1.